The van der Waals surface area contributed by atoms with Crippen LogP contribution >= 0.6 is 45.3 Å². The molecule has 718 valence electrons. The van der Waals surface area contributed by atoms with E-state index in [0.717, 1.165) is 164 Å². The van der Waals surface area contributed by atoms with Crippen molar-refractivity contribution in [1.82, 2.24) is 80.7 Å². The number of aromatic nitrogens is 8. The normalized spacial score (nSPS) is 22.6. The van der Waals surface area contributed by atoms with Gasteiger partial charge in [0.05, 0.1) is 69.7 Å². The first-order chi connectivity index (χ1) is 63.6. The van der Waals surface area contributed by atoms with E-state index in [-0.39, 0.29) is 135 Å². The Morgan fingerprint density at radius 2 is 0.767 bits per heavy atom. The van der Waals surface area contributed by atoms with Gasteiger partial charge in [-0.3, -0.25) is 38.4 Å². The Bertz CT molecular complexity index is 5460. The maximum Gasteiger partial charge on any atom is 0.280 e. The highest BCUT2D eigenvalue weighted by molar-refractivity contribution is 7.18. The summed E-state index contributed by atoms with van der Waals surface area (Å²) in [4.78, 5) is 152. The fourth-order valence-corrected chi connectivity index (χ4v) is 22.0. The molecule has 0 unspecified atom stereocenters. The molecule has 8 aliphatic rings. The molecule has 12 N–H and O–H groups in total. The Morgan fingerprint density at radius 1 is 0.421 bits per heavy atom. The zero-order valence-corrected chi connectivity index (χ0v) is 82.6. The number of carbonyl (C=O) groups excluding carboxylic acids is 8. The van der Waals surface area contributed by atoms with Crippen LogP contribution in [0.1, 0.15) is 302 Å². The van der Waals surface area contributed by atoms with E-state index in [4.69, 9.17) is 4.74 Å². The molecule has 37 heteroatoms. The molecule has 2 saturated carbocycles. The van der Waals surface area contributed by atoms with Gasteiger partial charge in [0.2, 0.25) is 0 Å². The lowest BCUT2D eigenvalue weighted by atomic mass is 9.89. The lowest BCUT2D eigenvalue weighted by Crippen LogP contribution is -2.46. The highest BCUT2D eigenvalue weighted by atomic mass is 32.1. The Labute approximate surface area is 794 Å². The quantitative estimate of drug-likeness (QED) is 0.0217. The molecule has 6 aliphatic heterocycles. The van der Waals surface area contributed by atoms with E-state index >= 15 is 0 Å². The van der Waals surface area contributed by atoms with Crippen molar-refractivity contribution in [2.24, 2.45) is 0 Å². The summed E-state index contributed by atoms with van der Waals surface area (Å²) in [7, 11) is 0. The smallest absolute Gasteiger partial charge is 0.280 e. The van der Waals surface area contributed by atoms with Gasteiger partial charge in [0.25, 0.3) is 47.3 Å². The Morgan fingerprint density at radius 3 is 1.07 bits per heavy atom. The number of pyridine rings is 4. The second-order valence-electron chi connectivity index (χ2n) is 37.2. The number of ether oxygens (including phenoxy) is 1. The average molecular weight is 1900 g/mol. The summed E-state index contributed by atoms with van der Waals surface area (Å²) in [5.74, 6) is 1.13. The monoisotopic (exact) mass is 1900 g/mol. The van der Waals surface area contributed by atoms with Gasteiger partial charge in [-0.25, -0.2) is 39.9 Å². The molecule has 133 heavy (non-hydrogen) atoms. The van der Waals surface area contributed by atoms with Crippen LogP contribution in [0.25, 0.3) is 41.8 Å². The number of carbonyl (C=O) groups is 8. The van der Waals surface area contributed by atoms with E-state index in [1.165, 1.54) is 45.3 Å². The third-order valence-electron chi connectivity index (χ3n) is 26.4. The highest BCUT2D eigenvalue weighted by Crippen LogP contribution is 2.44. The minimum Gasteiger partial charge on any atom is -0.394 e. The van der Waals surface area contributed by atoms with E-state index in [0.29, 0.717) is 93.6 Å². The van der Waals surface area contributed by atoms with Crippen molar-refractivity contribution in [1.29, 1.82) is 0 Å². The number of amides is 8. The van der Waals surface area contributed by atoms with Crippen molar-refractivity contribution in [2.45, 2.75) is 323 Å². The van der Waals surface area contributed by atoms with Crippen LogP contribution in [-0.2, 0) is 4.74 Å². The van der Waals surface area contributed by atoms with Crippen molar-refractivity contribution in [3.8, 4) is 41.8 Å². The Hall–Kier alpha value is -10.1. The number of aliphatic hydroxyl groups is 4. The number of likely N-dealkylation sites (tertiary alicyclic amines) is 3. The largest absolute Gasteiger partial charge is 0.394 e. The molecule has 6 saturated heterocycles. The minimum atomic E-state index is -0.753. The molecular weight excluding hydrogens is 1770 g/mol. The number of nitrogens with zero attached hydrogens (tertiary/aromatic N) is 12. The maximum absolute atomic E-state index is 13.7. The first-order valence-electron chi connectivity index (χ1n) is 47.3. The van der Waals surface area contributed by atoms with Gasteiger partial charge >= 0.3 is 0 Å². The molecule has 8 aromatic rings. The SMILES string of the molecule is CC[C@@H](C)Nc1cc(C)c(-c2sc(C(=O)NC3CC(O)C3)nc2C(=O)N2CCC[C@@H]2C)cn1.CC[C@@H](C)Nc1cc(C)c(-c2sc(C(=O)N[C@H](C)CO)nc2C(=O)N2CCC[C@@H]2C)cn1.CC[C@@H](C)Nc1cc(C)c(-c2sc(C(=O)N[C@H]3CCC[C@@H]3O)nc2C(=O)N2CCC[C@@H]2C)cn1.Cc1cc(NC(C)C)ncc1-c1sc(C(=O)N[C@@H]2COC[C@@H]2O)nc1C(=O)N1C2CCC1CC2. The molecular formula is C96H132N20O13S4. The predicted molar refractivity (Wildman–Crippen MR) is 520 cm³/mol. The van der Waals surface area contributed by atoms with E-state index < -0.39 is 36.1 Å². The number of nitrogens with one attached hydrogen (secondary N) is 8. The van der Waals surface area contributed by atoms with Gasteiger partial charge in [0, 0.05) is 133 Å². The van der Waals surface area contributed by atoms with Crippen LogP contribution in [0.4, 0.5) is 23.3 Å². The minimum absolute atomic E-state index is 0.0491. The lowest BCUT2D eigenvalue weighted by molar-refractivity contribution is 0.0560. The van der Waals surface area contributed by atoms with E-state index in [1.54, 1.807) is 31.7 Å². The molecule has 14 heterocycles. The number of fused-ring (bicyclic) bond motifs is 2. The topological polar surface area (TPSA) is 439 Å². The molecule has 0 aromatic carbocycles. The fraction of sp³-hybridized carbons (Fsp3) is 0.583. The van der Waals surface area contributed by atoms with Crippen LogP contribution in [0.15, 0.2) is 49.1 Å². The van der Waals surface area contributed by atoms with E-state index in [9.17, 15) is 58.8 Å². The number of aryl methyl sites for hydroxylation is 4. The zero-order valence-electron chi connectivity index (χ0n) is 79.3. The molecule has 33 nitrogen and oxygen atoms in total. The van der Waals surface area contributed by atoms with E-state index in [1.807, 2.05) is 99.3 Å². The fourth-order valence-electron chi connectivity index (χ4n) is 17.8. The van der Waals surface area contributed by atoms with Crippen molar-refractivity contribution in [3.63, 3.8) is 0 Å². The number of rotatable bonds is 28. The molecule has 8 aromatic heterocycles. The van der Waals surface area contributed by atoms with Crippen LogP contribution in [0.3, 0.4) is 0 Å². The van der Waals surface area contributed by atoms with Crippen LogP contribution in [0, 0.1) is 27.7 Å². The summed E-state index contributed by atoms with van der Waals surface area (Å²) < 4.78 is 5.24. The van der Waals surface area contributed by atoms with Gasteiger partial charge in [0.1, 0.15) is 46.0 Å². The third-order valence-corrected chi connectivity index (χ3v) is 30.7. The maximum atomic E-state index is 13.7. The number of hydrogen-bond donors (Lipinski definition) is 12. The summed E-state index contributed by atoms with van der Waals surface area (Å²) in [6, 6.07) is 8.77. The Balaban J connectivity index is 0.000000151. The highest BCUT2D eigenvalue weighted by Gasteiger charge is 2.45. The van der Waals surface area contributed by atoms with Gasteiger partial charge in [-0.15, -0.1) is 45.3 Å². The third kappa shape index (κ3) is 24.0. The first kappa shape index (κ1) is 100. The summed E-state index contributed by atoms with van der Waals surface area (Å²) in [5.41, 5.74) is 8.28. The molecule has 16 rings (SSSR count). The molecule has 2 bridgehead atoms. The number of aliphatic hydroxyl groups excluding tert-OH is 4. The molecule has 8 amide bonds. The van der Waals surface area contributed by atoms with Gasteiger partial charge in [0.15, 0.2) is 20.0 Å². The zero-order chi connectivity index (χ0) is 95.5. The molecule has 0 radical (unpaired) electrons. The molecule has 8 fully saturated rings. The van der Waals surface area contributed by atoms with E-state index in [2.05, 4.69) is 131 Å². The second-order valence-corrected chi connectivity index (χ2v) is 41.2. The number of anilines is 4. The second kappa shape index (κ2) is 45.0. The summed E-state index contributed by atoms with van der Waals surface area (Å²) in [5, 5.41) is 64.6. The predicted octanol–water partition coefficient (Wildman–Crippen LogP) is 13.6. The van der Waals surface area contributed by atoms with Crippen LogP contribution < -0.4 is 42.5 Å². The van der Waals surface area contributed by atoms with Gasteiger partial charge in [-0.05, 0) is 252 Å². The number of thiazole rings is 4. The van der Waals surface area contributed by atoms with Crippen molar-refractivity contribution in [2.75, 3.05) is 60.7 Å². The van der Waals surface area contributed by atoms with Gasteiger partial charge < -0.3 is 87.3 Å². The van der Waals surface area contributed by atoms with Crippen LogP contribution in [0.5, 0.6) is 0 Å². The molecule has 0 spiro atoms. The lowest BCUT2D eigenvalue weighted by Gasteiger charge is -2.31. The van der Waals surface area contributed by atoms with Crippen molar-refractivity contribution in [3.05, 3.63) is 114 Å². The average Bonchev–Trinajstić information content (AvgIpc) is 1.60. The number of hydrogen-bond acceptors (Lipinski definition) is 29. The van der Waals surface area contributed by atoms with Crippen LogP contribution in [0.2, 0.25) is 0 Å². The molecule has 2 aliphatic carbocycles. The Kier molecular flexibility index (Phi) is 34.0. The van der Waals surface area contributed by atoms with Gasteiger partial charge in [-0.1, -0.05) is 20.8 Å². The molecule has 11 atom stereocenters. The van der Waals surface area contributed by atoms with Gasteiger partial charge in [-0.2, -0.15) is 0 Å². The van der Waals surface area contributed by atoms with Crippen molar-refractivity contribution < 1.29 is 63.5 Å². The standard InChI is InChI=1S/C25H35N5O3S.C24H31N5O4S.C24H33N5O3S.C23H33N5O3S/c1-5-15(3)27-20-12-14(2)17(13-26-20)22-21(25(33)30-11-7-8-16(30)4)29-24(34-22)23(32)28-18-9-6-10-19(18)31;1-12(2)26-19-8-13(3)16(9-25-19)21-20(24(32)29-14-4-5-15(29)7-6-14)28-23(34-21)22(31)27-17-10-33-11-18(17)30;1-5-14(3)26-19-9-13(2)18(12-25-19)21-20(24(32)29-8-6-7-15(29)4)28-23(33-21)22(31)27-16-10-17(30)11-16;1-6-14(3)25-18-10-13(2)17(11-24-18)20-19(23(31)28-9-7-8-16(28)5)27-22(32-20)21(30)26-15(4)12-29/h12-13,15-16,18-19,31H,5-11H2,1-4H3,(H,26,27)(H,28,32);8-9,12,14-15,17-18,30H,4-7,10-11H2,1-3H3,(H,25,26)(H,27,31);9,12,14-17,30H,5-8,10-11H2,1-4H3,(H,25,26)(H,27,31);10-11,14-16,29H,6-9,12H2,1-5H3,(H,24,25)(H,26,30)/t15-,16+,18+,19+;14?,15?,17-,18+;14-,15+,16?,17?;14-,15-,16+/m1111/s1. The summed E-state index contributed by atoms with van der Waals surface area (Å²) in [6.45, 7) is 34.9. The van der Waals surface area contributed by atoms with Crippen molar-refractivity contribution >= 4 is 116 Å². The van der Waals surface area contributed by atoms with Crippen LogP contribution in [-0.4, -0.2) is 263 Å². The first-order valence-corrected chi connectivity index (χ1v) is 50.6. The summed E-state index contributed by atoms with van der Waals surface area (Å²) >= 11 is 4.83. The summed E-state index contributed by atoms with van der Waals surface area (Å²) in [6.07, 6.45) is 21.7.